The van der Waals surface area contributed by atoms with Gasteiger partial charge in [0.25, 0.3) is 0 Å². The number of carbonyl (C=O) groups is 1. The first kappa shape index (κ1) is 21.2. The third-order valence-electron chi connectivity index (χ3n) is 5.06. The molecule has 1 aliphatic heterocycles. The van der Waals surface area contributed by atoms with Crippen molar-refractivity contribution in [3.05, 3.63) is 69.7 Å². The minimum Gasteiger partial charge on any atom is -0.384 e. The summed E-state index contributed by atoms with van der Waals surface area (Å²) < 4.78 is 0. The molecule has 3 rings (SSSR count). The number of piperidine rings is 1. The molecule has 0 unspecified atom stereocenters. The van der Waals surface area contributed by atoms with Gasteiger partial charge in [-0.3, -0.25) is 4.79 Å². The Morgan fingerprint density at radius 1 is 1.12 bits per heavy atom. The standard InChI is InChI=1S/C20H21Cl2NO2.ClH/c1-2-23-12-11-20(25,15-5-9-17(22)10-6-15)18(13-23)19(24)14-3-7-16(21)8-4-14;/h3-10,18,25H,2,11-13H2,1H3;1H/t18-,20+;/m0./s1. The first-order valence-corrected chi connectivity index (χ1v) is 9.20. The van der Waals surface area contributed by atoms with Gasteiger partial charge in [0, 0.05) is 28.7 Å². The minimum absolute atomic E-state index is 0. The van der Waals surface area contributed by atoms with E-state index < -0.39 is 11.5 Å². The Morgan fingerprint density at radius 3 is 2.19 bits per heavy atom. The molecule has 0 amide bonds. The van der Waals surface area contributed by atoms with Crippen LogP contribution >= 0.6 is 35.6 Å². The van der Waals surface area contributed by atoms with E-state index in [0.717, 1.165) is 18.7 Å². The van der Waals surface area contributed by atoms with Crippen molar-refractivity contribution in [3.8, 4) is 0 Å². The summed E-state index contributed by atoms with van der Waals surface area (Å²) in [4.78, 5) is 15.4. The van der Waals surface area contributed by atoms with Crippen LogP contribution in [0.2, 0.25) is 10.0 Å². The zero-order valence-corrected chi connectivity index (χ0v) is 16.8. The molecule has 1 fully saturated rings. The van der Waals surface area contributed by atoms with Crippen LogP contribution in [-0.4, -0.2) is 35.4 Å². The molecular weight excluding hydrogens is 393 g/mol. The third kappa shape index (κ3) is 4.24. The summed E-state index contributed by atoms with van der Waals surface area (Å²) in [5.41, 5.74) is 0.104. The summed E-state index contributed by atoms with van der Waals surface area (Å²) in [6, 6.07) is 14.0. The van der Waals surface area contributed by atoms with E-state index in [0.29, 0.717) is 28.6 Å². The summed E-state index contributed by atoms with van der Waals surface area (Å²) in [6.07, 6.45) is 0.506. The first-order chi connectivity index (χ1) is 11.9. The van der Waals surface area contributed by atoms with Gasteiger partial charge in [-0.25, -0.2) is 0 Å². The van der Waals surface area contributed by atoms with Crippen molar-refractivity contribution >= 4 is 41.4 Å². The Balaban J connectivity index is 0.00000243. The van der Waals surface area contributed by atoms with Crippen molar-refractivity contribution in [2.45, 2.75) is 18.9 Å². The highest BCUT2D eigenvalue weighted by molar-refractivity contribution is 6.30. The number of hydrogen-bond acceptors (Lipinski definition) is 3. The average Bonchev–Trinajstić information content (AvgIpc) is 2.62. The molecule has 26 heavy (non-hydrogen) atoms. The molecule has 0 saturated carbocycles. The SMILES string of the molecule is CCN1CC[C@@](O)(c2ccc(Cl)cc2)[C@H](C(=O)c2ccc(Cl)cc2)C1.Cl. The lowest BCUT2D eigenvalue weighted by atomic mass is 9.72. The molecule has 2 aromatic carbocycles. The highest BCUT2D eigenvalue weighted by atomic mass is 35.5. The smallest absolute Gasteiger partial charge is 0.170 e. The van der Waals surface area contributed by atoms with Gasteiger partial charge in [-0.2, -0.15) is 0 Å². The fourth-order valence-corrected chi connectivity index (χ4v) is 3.74. The van der Waals surface area contributed by atoms with Gasteiger partial charge in [0.15, 0.2) is 5.78 Å². The molecule has 1 saturated heterocycles. The van der Waals surface area contributed by atoms with E-state index >= 15 is 0 Å². The van der Waals surface area contributed by atoms with Crippen molar-refractivity contribution in [1.82, 2.24) is 4.90 Å². The fourth-order valence-electron chi connectivity index (χ4n) is 3.49. The molecule has 2 atom stereocenters. The van der Waals surface area contributed by atoms with Crippen molar-refractivity contribution in [3.63, 3.8) is 0 Å². The number of carbonyl (C=O) groups excluding carboxylic acids is 1. The van der Waals surface area contributed by atoms with Crippen LogP contribution in [0.5, 0.6) is 0 Å². The zero-order chi connectivity index (χ0) is 18.0. The molecule has 2 aromatic rings. The second-order valence-electron chi connectivity index (χ2n) is 6.50. The molecule has 1 N–H and O–H groups in total. The van der Waals surface area contributed by atoms with Crippen LogP contribution in [0, 0.1) is 5.92 Å². The molecule has 0 aromatic heterocycles. The number of likely N-dealkylation sites (tertiary alicyclic amines) is 1. The van der Waals surface area contributed by atoms with Crippen LogP contribution in [0.25, 0.3) is 0 Å². The van der Waals surface area contributed by atoms with Gasteiger partial charge in [-0.15, -0.1) is 12.4 Å². The lowest BCUT2D eigenvalue weighted by molar-refractivity contribution is -0.0631. The van der Waals surface area contributed by atoms with E-state index in [1.807, 2.05) is 12.1 Å². The van der Waals surface area contributed by atoms with Gasteiger partial charge in [-0.1, -0.05) is 42.3 Å². The van der Waals surface area contributed by atoms with Crippen molar-refractivity contribution < 1.29 is 9.90 Å². The second-order valence-corrected chi connectivity index (χ2v) is 7.37. The summed E-state index contributed by atoms with van der Waals surface area (Å²) in [7, 11) is 0. The fraction of sp³-hybridized carbons (Fsp3) is 0.350. The number of benzene rings is 2. The molecule has 0 radical (unpaired) electrons. The Morgan fingerprint density at radius 2 is 1.65 bits per heavy atom. The topological polar surface area (TPSA) is 40.5 Å². The molecule has 6 heteroatoms. The van der Waals surface area contributed by atoms with Crippen molar-refractivity contribution in [2.75, 3.05) is 19.6 Å². The second kappa shape index (κ2) is 8.73. The molecule has 0 bridgehead atoms. The zero-order valence-electron chi connectivity index (χ0n) is 14.5. The largest absolute Gasteiger partial charge is 0.384 e. The van der Waals surface area contributed by atoms with E-state index in [1.54, 1.807) is 36.4 Å². The van der Waals surface area contributed by atoms with Gasteiger partial charge in [0.05, 0.1) is 5.92 Å². The maximum atomic E-state index is 13.2. The predicted molar refractivity (Wildman–Crippen MR) is 109 cm³/mol. The van der Waals surface area contributed by atoms with Crippen LogP contribution in [0.1, 0.15) is 29.3 Å². The van der Waals surface area contributed by atoms with E-state index in [4.69, 9.17) is 23.2 Å². The van der Waals surface area contributed by atoms with Crippen LogP contribution < -0.4 is 0 Å². The van der Waals surface area contributed by atoms with Gasteiger partial charge in [0.1, 0.15) is 5.60 Å². The molecule has 0 aliphatic carbocycles. The number of hydrogen-bond donors (Lipinski definition) is 1. The molecule has 1 aliphatic rings. The molecule has 1 heterocycles. The van der Waals surface area contributed by atoms with Crippen molar-refractivity contribution in [2.24, 2.45) is 5.92 Å². The van der Waals surface area contributed by atoms with E-state index in [1.165, 1.54) is 0 Å². The normalized spacial score (nSPS) is 23.3. The quantitative estimate of drug-likeness (QED) is 0.729. The summed E-state index contributed by atoms with van der Waals surface area (Å²) in [5, 5.41) is 12.7. The van der Waals surface area contributed by atoms with Gasteiger partial charge >= 0.3 is 0 Å². The number of aliphatic hydroxyl groups is 1. The minimum atomic E-state index is -1.20. The monoisotopic (exact) mass is 413 g/mol. The Hall–Kier alpha value is -1.10. The summed E-state index contributed by atoms with van der Waals surface area (Å²) in [5.74, 6) is -0.601. The lowest BCUT2D eigenvalue weighted by Gasteiger charge is -2.44. The maximum Gasteiger partial charge on any atom is 0.170 e. The first-order valence-electron chi connectivity index (χ1n) is 8.44. The average molecular weight is 415 g/mol. The Bertz CT molecular complexity index is 749. The number of Topliss-reactive ketones (excluding diaryl/α,β-unsaturated/α-hetero) is 1. The highest BCUT2D eigenvalue weighted by Crippen LogP contribution is 2.39. The molecule has 140 valence electrons. The molecule has 3 nitrogen and oxygen atoms in total. The molecular formula is C20H22Cl3NO2. The number of halogens is 3. The number of ketones is 1. The highest BCUT2D eigenvalue weighted by Gasteiger charge is 2.46. The van der Waals surface area contributed by atoms with Crippen molar-refractivity contribution in [1.29, 1.82) is 0 Å². The van der Waals surface area contributed by atoms with Crippen LogP contribution in [0.3, 0.4) is 0 Å². The maximum absolute atomic E-state index is 13.2. The summed E-state index contributed by atoms with van der Waals surface area (Å²) >= 11 is 11.9. The van der Waals surface area contributed by atoms with Gasteiger partial charge in [-0.05, 0) is 54.9 Å². The summed E-state index contributed by atoms with van der Waals surface area (Å²) in [6.45, 7) is 4.19. The number of rotatable bonds is 4. The van der Waals surface area contributed by atoms with Crippen LogP contribution in [0.4, 0.5) is 0 Å². The number of nitrogens with zero attached hydrogens (tertiary/aromatic N) is 1. The van der Waals surface area contributed by atoms with E-state index in [2.05, 4.69) is 11.8 Å². The van der Waals surface area contributed by atoms with Crippen LogP contribution in [-0.2, 0) is 5.60 Å². The Labute approximate surface area is 170 Å². The predicted octanol–water partition coefficient (Wildman–Crippen LogP) is 4.83. The molecule has 0 spiro atoms. The Kier molecular flexibility index (Phi) is 7.12. The van der Waals surface area contributed by atoms with E-state index in [-0.39, 0.29) is 18.2 Å². The lowest BCUT2D eigenvalue weighted by Crippen LogP contribution is -2.53. The van der Waals surface area contributed by atoms with Gasteiger partial charge in [0.2, 0.25) is 0 Å². The van der Waals surface area contributed by atoms with E-state index in [9.17, 15) is 9.90 Å². The van der Waals surface area contributed by atoms with Crippen LogP contribution in [0.15, 0.2) is 48.5 Å². The van der Waals surface area contributed by atoms with Gasteiger partial charge < -0.3 is 10.0 Å². The third-order valence-corrected chi connectivity index (χ3v) is 5.57.